The average Bonchev–Trinajstić information content (AvgIpc) is 2.79. The highest BCUT2D eigenvalue weighted by molar-refractivity contribution is 6.30. The number of halogens is 1. The Hall–Kier alpha value is -1.39. The van der Waals surface area contributed by atoms with Crippen molar-refractivity contribution >= 4 is 11.6 Å². The lowest BCUT2D eigenvalue weighted by molar-refractivity contribution is -0.0495. The van der Waals surface area contributed by atoms with Crippen LogP contribution in [-0.4, -0.2) is 41.3 Å². The number of benzene rings is 2. The number of aliphatic hydroxyl groups excluding tert-OH is 1. The summed E-state index contributed by atoms with van der Waals surface area (Å²) in [5, 5.41) is 11.0. The van der Waals surface area contributed by atoms with Crippen LogP contribution < -0.4 is 0 Å². The molecule has 2 aromatic carbocycles. The van der Waals surface area contributed by atoms with Crippen molar-refractivity contribution in [3.63, 3.8) is 0 Å². The summed E-state index contributed by atoms with van der Waals surface area (Å²) in [6, 6.07) is 18.9. The van der Waals surface area contributed by atoms with Crippen molar-refractivity contribution in [1.82, 2.24) is 4.90 Å². The molecule has 25 heavy (non-hydrogen) atoms. The largest absolute Gasteiger partial charge is 0.391 e. The molecule has 3 nitrogen and oxygen atoms in total. The fraction of sp³-hybridized carbons (Fsp3) is 0.429. The van der Waals surface area contributed by atoms with Crippen LogP contribution in [-0.2, 0) is 4.74 Å². The standard InChI is InChI=1S/C21H24ClNO2/c1-23-17-11-18(13-19(23)20(24)12-17)25-21(14-5-3-2-4-6-14)15-7-9-16(22)10-8-15/h2-10,17-21,24H,11-13H2,1H3/t17-,18-,19+,20-,21?/m0/s1. The highest BCUT2D eigenvalue weighted by Crippen LogP contribution is 2.39. The lowest BCUT2D eigenvalue weighted by Gasteiger charge is -2.38. The van der Waals surface area contributed by atoms with Crippen LogP contribution >= 0.6 is 11.6 Å². The average molecular weight is 358 g/mol. The number of aliphatic hydroxyl groups is 1. The zero-order chi connectivity index (χ0) is 17.4. The van der Waals surface area contributed by atoms with Gasteiger partial charge in [0, 0.05) is 17.1 Å². The van der Waals surface area contributed by atoms with Gasteiger partial charge < -0.3 is 9.84 Å². The number of piperidine rings is 1. The minimum Gasteiger partial charge on any atom is -0.391 e. The van der Waals surface area contributed by atoms with Crippen molar-refractivity contribution in [1.29, 1.82) is 0 Å². The molecule has 1 N–H and O–H groups in total. The number of hydrogen-bond acceptors (Lipinski definition) is 3. The van der Waals surface area contributed by atoms with Gasteiger partial charge in [-0.2, -0.15) is 0 Å². The number of fused-ring (bicyclic) bond motifs is 2. The molecule has 2 heterocycles. The Morgan fingerprint density at radius 2 is 1.68 bits per heavy atom. The van der Waals surface area contributed by atoms with E-state index in [2.05, 4.69) is 24.1 Å². The van der Waals surface area contributed by atoms with Crippen molar-refractivity contribution in [3.05, 3.63) is 70.7 Å². The molecule has 2 saturated heterocycles. The number of ether oxygens (including phenoxy) is 1. The topological polar surface area (TPSA) is 32.7 Å². The maximum absolute atomic E-state index is 10.3. The summed E-state index contributed by atoms with van der Waals surface area (Å²) < 4.78 is 6.60. The zero-order valence-corrected chi connectivity index (χ0v) is 15.1. The van der Waals surface area contributed by atoms with E-state index >= 15 is 0 Å². The molecule has 0 radical (unpaired) electrons. The van der Waals surface area contributed by atoms with E-state index in [-0.39, 0.29) is 24.4 Å². The summed E-state index contributed by atoms with van der Waals surface area (Å²) in [5.41, 5.74) is 2.26. The van der Waals surface area contributed by atoms with Crippen LogP contribution in [0.2, 0.25) is 5.02 Å². The van der Waals surface area contributed by atoms with Gasteiger partial charge in [0.25, 0.3) is 0 Å². The van der Waals surface area contributed by atoms with Gasteiger partial charge in [-0.05, 0) is 49.6 Å². The van der Waals surface area contributed by atoms with Crippen LogP contribution in [0.1, 0.15) is 36.5 Å². The van der Waals surface area contributed by atoms with Gasteiger partial charge in [0.05, 0.1) is 12.2 Å². The first kappa shape index (κ1) is 17.0. The van der Waals surface area contributed by atoms with Gasteiger partial charge >= 0.3 is 0 Å². The van der Waals surface area contributed by atoms with Gasteiger partial charge in [-0.15, -0.1) is 0 Å². The van der Waals surface area contributed by atoms with E-state index in [0.717, 1.165) is 35.4 Å². The van der Waals surface area contributed by atoms with E-state index in [9.17, 15) is 5.11 Å². The number of rotatable bonds is 4. The molecule has 4 rings (SSSR count). The molecule has 132 valence electrons. The minimum absolute atomic E-state index is 0.108. The van der Waals surface area contributed by atoms with Crippen molar-refractivity contribution in [2.24, 2.45) is 0 Å². The van der Waals surface area contributed by atoms with E-state index < -0.39 is 0 Å². The highest BCUT2D eigenvalue weighted by atomic mass is 35.5. The maximum atomic E-state index is 10.3. The van der Waals surface area contributed by atoms with Gasteiger partial charge in [-0.1, -0.05) is 54.1 Å². The van der Waals surface area contributed by atoms with Crippen LogP contribution in [0.15, 0.2) is 54.6 Å². The van der Waals surface area contributed by atoms with Gasteiger partial charge in [0.15, 0.2) is 0 Å². The second kappa shape index (κ2) is 7.08. The lowest BCUT2D eigenvalue weighted by atomic mass is 9.97. The van der Waals surface area contributed by atoms with Crippen LogP contribution in [0.4, 0.5) is 0 Å². The fourth-order valence-electron chi connectivity index (χ4n) is 4.32. The Morgan fingerprint density at radius 3 is 2.36 bits per heavy atom. The summed E-state index contributed by atoms with van der Waals surface area (Å²) in [5.74, 6) is 0. The molecular weight excluding hydrogens is 334 g/mol. The Morgan fingerprint density at radius 1 is 1.00 bits per heavy atom. The third-order valence-corrected chi connectivity index (χ3v) is 5.95. The van der Waals surface area contributed by atoms with E-state index in [1.54, 1.807) is 0 Å². The molecule has 2 aliphatic rings. The first-order chi connectivity index (χ1) is 12.1. The predicted molar refractivity (Wildman–Crippen MR) is 99.8 cm³/mol. The Labute approximate surface area is 154 Å². The quantitative estimate of drug-likeness (QED) is 0.896. The second-order valence-corrected chi connectivity index (χ2v) is 7.70. The summed E-state index contributed by atoms with van der Waals surface area (Å²) in [6.07, 6.45) is 2.53. The third-order valence-electron chi connectivity index (χ3n) is 5.70. The van der Waals surface area contributed by atoms with E-state index in [1.807, 2.05) is 42.5 Å². The molecular formula is C21H24ClNO2. The fourth-order valence-corrected chi connectivity index (χ4v) is 4.44. The van der Waals surface area contributed by atoms with Crippen LogP contribution in [0.5, 0.6) is 0 Å². The van der Waals surface area contributed by atoms with E-state index in [4.69, 9.17) is 16.3 Å². The van der Waals surface area contributed by atoms with Gasteiger partial charge in [-0.3, -0.25) is 4.90 Å². The summed E-state index contributed by atoms with van der Waals surface area (Å²) in [7, 11) is 2.12. The molecule has 0 amide bonds. The highest BCUT2D eigenvalue weighted by Gasteiger charge is 2.45. The van der Waals surface area contributed by atoms with Crippen LogP contribution in [0.3, 0.4) is 0 Å². The minimum atomic E-state index is -0.227. The molecule has 0 aromatic heterocycles. The van der Waals surface area contributed by atoms with Crippen molar-refractivity contribution in [2.45, 2.75) is 49.7 Å². The van der Waals surface area contributed by atoms with Crippen molar-refractivity contribution in [2.75, 3.05) is 7.05 Å². The second-order valence-electron chi connectivity index (χ2n) is 7.26. The third kappa shape index (κ3) is 3.47. The maximum Gasteiger partial charge on any atom is 0.108 e. The lowest BCUT2D eigenvalue weighted by Crippen LogP contribution is -2.45. The molecule has 0 saturated carbocycles. The first-order valence-corrected chi connectivity index (χ1v) is 9.35. The molecule has 2 fully saturated rings. The van der Waals surface area contributed by atoms with Gasteiger partial charge in [-0.25, -0.2) is 0 Å². The molecule has 4 heteroatoms. The van der Waals surface area contributed by atoms with Crippen LogP contribution in [0.25, 0.3) is 0 Å². The van der Waals surface area contributed by atoms with Crippen molar-refractivity contribution in [3.8, 4) is 0 Å². The molecule has 5 atom stereocenters. The summed E-state index contributed by atoms with van der Waals surface area (Å²) in [4.78, 5) is 2.32. The summed E-state index contributed by atoms with van der Waals surface area (Å²) >= 11 is 6.06. The Balaban J connectivity index is 1.58. The number of hydrogen-bond donors (Lipinski definition) is 1. The molecule has 0 spiro atoms. The zero-order valence-electron chi connectivity index (χ0n) is 14.4. The van der Waals surface area contributed by atoms with Gasteiger partial charge in [0.2, 0.25) is 0 Å². The Bertz CT molecular complexity index is 706. The van der Waals surface area contributed by atoms with E-state index in [0.29, 0.717) is 6.04 Å². The molecule has 1 unspecified atom stereocenters. The SMILES string of the molecule is CN1[C@H]2C[C@H](OC(c3ccccc3)c3ccc(Cl)cc3)C[C@@H]1[C@@H](O)C2. The molecule has 2 bridgehead atoms. The Kier molecular flexibility index (Phi) is 4.83. The molecule has 2 aliphatic heterocycles. The van der Waals surface area contributed by atoms with Gasteiger partial charge in [0.1, 0.15) is 6.10 Å². The predicted octanol–water partition coefficient (Wildman–Crippen LogP) is 4.04. The van der Waals surface area contributed by atoms with Crippen molar-refractivity contribution < 1.29 is 9.84 Å². The molecule has 0 aliphatic carbocycles. The number of nitrogens with zero attached hydrogens (tertiary/aromatic N) is 1. The monoisotopic (exact) mass is 357 g/mol. The van der Waals surface area contributed by atoms with E-state index in [1.165, 1.54) is 0 Å². The number of likely N-dealkylation sites (N-methyl/N-ethyl adjacent to an activating group) is 1. The van der Waals surface area contributed by atoms with Crippen LogP contribution in [0, 0.1) is 0 Å². The summed E-state index contributed by atoms with van der Waals surface area (Å²) in [6.45, 7) is 0. The normalized spacial score (nSPS) is 30.4. The molecule has 2 aromatic rings. The first-order valence-electron chi connectivity index (χ1n) is 8.97. The smallest absolute Gasteiger partial charge is 0.108 e.